The Morgan fingerprint density at radius 1 is 1.67 bits per heavy atom. The second kappa shape index (κ2) is 3.66. The molecule has 0 aliphatic rings. The molecule has 0 aromatic carbocycles. The second-order valence-electron chi connectivity index (χ2n) is 3.02. The molecule has 2 heterocycles. The van der Waals surface area contributed by atoms with Gasteiger partial charge >= 0.3 is 5.97 Å². The monoisotopic (exact) mass is 206 g/mol. The largest absolute Gasteiger partial charge is 0.468 e. The lowest BCUT2D eigenvalue weighted by molar-refractivity contribution is -0.142. The van der Waals surface area contributed by atoms with Crippen molar-refractivity contribution < 1.29 is 9.53 Å². The van der Waals surface area contributed by atoms with Crippen molar-refractivity contribution in [1.82, 2.24) is 14.6 Å². The molecule has 1 atom stereocenters. The van der Waals surface area contributed by atoms with Crippen LogP contribution in [-0.2, 0) is 9.53 Å². The number of hydrogen-bond donors (Lipinski definition) is 1. The van der Waals surface area contributed by atoms with Crippen LogP contribution in [0, 0.1) is 0 Å². The lowest BCUT2D eigenvalue weighted by Gasteiger charge is -2.08. The molecule has 2 rings (SSSR count). The Morgan fingerprint density at radius 2 is 2.47 bits per heavy atom. The molecule has 1 unspecified atom stereocenters. The maximum Gasteiger partial charge on any atom is 0.327 e. The van der Waals surface area contributed by atoms with Gasteiger partial charge in [-0.25, -0.2) is 9.50 Å². The highest BCUT2D eigenvalue weighted by atomic mass is 16.5. The van der Waals surface area contributed by atoms with Crippen molar-refractivity contribution in [2.75, 3.05) is 7.11 Å². The Labute approximate surface area is 85.7 Å². The van der Waals surface area contributed by atoms with E-state index in [-0.39, 0.29) is 0 Å². The summed E-state index contributed by atoms with van der Waals surface area (Å²) in [6.45, 7) is 0. The van der Waals surface area contributed by atoms with Gasteiger partial charge in [-0.05, 0) is 0 Å². The van der Waals surface area contributed by atoms with Crippen molar-refractivity contribution in [2.45, 2.75) is 6.04 Å². The smallest absolute Gasteiger partial charge is 0.327 e. The molecule has 2 aromatic rings. The van der Waals surface area contributed by atoms with Gasteiger partial charge in [-0.1, -0.05) is 0 Å². The van der Waals surface area contributed by atoms with Crippen LogP contribution in [0.2, 0.25) is 0 Å². The molecule has 78 valence electrons. The fourth-order valence-corrected chi connectivity index (χ4v) is 1.25. The molecule has 0 amide bonds. The lowest BCUT2D eigenvalue weighted by atomic mass is 10.2. The summed E-state index contributed by atoms with van der Waals surface area (Å²) >= 11 is 0. The van der Waals surface area contributed by atoms with E-state index in [1.807, 2.05) is 0 Å². The molecule has 0 saturated heterocycles. The molecule has 2 N–H and O–H groups in total. The maximum absolute atomic E-state index is 11.2. The molecule has 0 aliphatic heterocycles. The van der Waals surface area contributed by atoms with Crippen LogP contribution in [0.25, 0.3) is 5.65 Å². The van der Waals surface area contributed by atoms with Crippen LogP contribution in [0.5, 0.6) is 0 Å². The summed E-state index contributed by atoms with van der Waals surface area (Å²) in [4.78, 5) is 15.3. The highest BCUT2D eigenvalue weighted by molar-refractivity contribution is 5.77. The number of ether oxygens (including phenoxy) is 1. The summed E-state index contributed by atoms with van der Waals surface area (Å²) in [7, 11) is 1.29. The number of esters is 1. The Morgan fingerprint density at radius 3 is 3.20 bits per heavy atom. The van der Waals surface area contributed by atoms with E-state index >= 15 is 0 Å². The Kier molecular flexibility index (Phi) is 2.34. The van der Waals surface area contributed by atoms with Crippen molar-refractivity contribution in [3.05, 3.63) is 30.2 Å². The first-order valence-corrected chi connectivity index (χ1v) is 4.35. The first-order chi connectivity index (χ1) is 7.22. The van der Waals surface area contributed by atoms with E-state index in [2.05, 4.69) is 14.8 Å². The third-order valence-corrected chi connectivity index (χ3v) is 2.08. The molecule has 0 radical (unpaired) electrons. The van der Waals surface area contributed by atoms with E-state index in [0.717, 1.165) is 0 Å². The van der Waals surface area contributed by atoms with Crippen LogP contribution in [0.4, 0.5) is 0 Å². The highest BCUT2D eigenvalue weighted by Crippen LogP contribution is 2.10. The van der Waals surface area contributed by atoms with Gasteiger partial charge in [-0.15, -0.1) is 0 Å². The Hall–Kier alpha value is -1.95. The number of methoxy groups -OCH3 is 1. The molecule has 0 fully saturated rings. The summed E-state index contributed by atoms with van der Waals surface area (Å²) in [6, 6.07) is 0.934. The van der Waals surface area contributed by atoms with Gasteiger partial charge in [0.15, 0.2) is 5.65 Å². The normalized spacial score (nSPS) is 12.7. The SMILES string of the molecule is COC(=O)C(N)c1cnc2ccnn2c1. The maximum atomic E-state index is 11.2. The minimum absolute atomic E-state index is 0.497. The number of nitrogens with two attached hydrogens (primary N) is 1. The zero-order valence-electron chi connectivity index (χ0n) is 8.12. The van der Waals surface area contributed by atoms with Crippen molar-refractivity contribution >= 4 is 11.6 Å². The van der Waals surface area contributed by atoms with Crippen LogP contribution in [0.1, 0.15) is 11.6 Å². The van der Waals surface area contributed by atoms with Crippen molar-refractivity contribution in [3.63, 3.8) is 0 Å². The summed E-state index contributed by atoms with van der Waals surface area (Å²) in [6.07, 6.45) is 4.82. The van der Waals surface area contributed by atoms with Gasteiger partial charge in [-0.3, -0.25) is 4.79 Å². The number of aromatic nitrogens is 3. The molecule has 15 heavy (non-hydrogen) atoms. The third-order valence-electron chi connectivity index (χ3n) is 2.08. The van der Waals surface area contributed by atoms with E-state index < -0.39 is 12.0 Å². The molecule has 0 spiro atoms. The first kappa shape index (κ1) is 9.60. The van der Waals surface area contributed by atoms with Crippen LogP contribution >= 0.6 is 0 Å². The number of nitrogens with zero attached hydrogens (tertiary/aromatic N) is 3. The molecule has 0 aliphatic carbocycles. The molecule has 2 aromatic heterocycles. The van der Waals surface area contributed by atoms with Crippen LogP contribution in [0.3, 0.4) is 0 Å². The van der Waals surface area contributed by atoms with Gasteiger partial charge in [0.05, 0.1) is 13.3 Å². The molecular formula is C9H10N4O2. The van der Waals surface area contributed by atoms with E-state index in [9.17, 15) is 4.79 Å². The molecular weight excluding hydrogens is 196 g/mol. The van der Waals surface area contributed by atoms with Crippen molar-refractivity contribution in [2.24, 2.45) is 5.73 Å². The number of carbonyl (C=O) groups excluding carboxylic acids is 1. The van der Waals surface area contributed by atoms with Crippen LogP contribution in [-0.4, -0.2) is 27.7 Å². The number of rotatable bonds is 2. The zero-order chi connectivity index (χ0) is 10.8. The first-order valence-electron chi connectivity index (χ1n) is 4.35. The fourth-order valence-electron chi connectivity index (χ4n) is 1.25. The summed E-state index contributed by atoms with van der Waals surface area (Å²) in [5.74, 6) is -0.497. The summed E-state index contributed by atoms with van der Waals surface area (Å²) < 4.78 is 6.09. The van der Waals surface area contributed by atoms with Gasteiger partial charge in [0.1, 0.15) is 6.04 Å². The number of carbonyl (C=O) groups is 1. The quantitative estimate of drug-likeness (QED) is 0.694. The molecule has 6 heteroatoms. The van der Waals surface area contributed by atoms with Gasteiger partial charge < -0.3 is 10.5 Å². The fraction of sp³-hybridized carbons (Fsp3) is 0.222. The predicted octanol–water partition coefficient (Wildman–Crippen LogP) is -0.0979. The van der Waals surface area contributed by atoms with Crippen LogP contribution in [0.15, 0.2) is 24.7 Å². The van der Waals surface area contributed by atoms with Crippen molar-refractivity contribution in [1.29, 1.82) is 0 Å². The third kappa shape index (κ3) is 1.66. The highest BCUT2D eigenvalue weighted by Gasteiger charge is 2.17. The Balaban J connectivity index is 2.39. The lowest BCUT2D eigenvalue weighted by Crippen LogP contribution is -2.23. The van der Waals surface area contributed by atoms with Crippen LogP contribution < -0.4 is 5.73 Å². The minimum atomic E-state index is -0.823. The molecule has 6 nitrogen and oxygen atoms in total. The van der Waals surface area contributed by atoms with E-state index in [1.165, 1.54) is 7.11 Å². The zero-order valence-corrected chi connectivity index (χ0v) is 8.12. The van der Waals surface area contributed by atoms with E-state index in [0.29, 0.717) is 11.2 Å². The Bertz CT molecular complexity index is 494. The van der Waals surface area contributed by atoms with Crippen molar-refractivity contribution in [3.8, 4) is 0 Å². The van der Waals surface area contributed by atoms with Gasteiger partial charge in [0.25, 0.3) is 0 Å². The predicted molar refractivity (Wildman–Crippen MR) is 51.9 cm³/mol. The second-order valence-corrected chi connectivity index (χ2v) is 3.02. The topological polar surface area (TPSA) is 82.5 Å². The molecule has 0 bridgehead atoms. The average Bonchev–Trinajstić information content (AvgIpc) is 2.73. The van der Waals surface area contributed by atoms with Gasteiger partial charge in [0.2, 0.25) is 0 Å². The van der Waals surface area contributed by atoms with E-state index in [4.69, 9.17) is 5.73 Å². The van der Waals surface area contributed by atoms with Gasteiger partial charge in [0, 0.05) is 24.0 Å². The van der Waals surface area contributed by atoms with Gasteiger partial charge in [-0.2, -0.15) is 5.10 Å². The number of hydrogen-bond acceptors (Lipinski definition) is 5. The molecule has 0 saturated carbocycles. The standard InChI is InChI=1S/C9H10N4O2/c1-15-9(14)8(10)6-4-11-7-2-3-12-13(7)5-6/h2-5,8H,10H2,1H3. The average molecular weight is 206 g/mol. The summed E-state index contributed by atoms with van der Waals surface area (Å²) in [5.41, 5.74) is 6.93. The van der Waals surface area contributed by atoms with E-state index in [1.54, 1.807) is 29.2 Å². The minimum Gasteiger partial charge on any atom is -0.468 e. The summed E-state index contributed by atoms with van der Waals surface area (Å²) in [5, 5.41) is 3.99. The number of fused-ring (bicyclic) bond motifs is 1.